The number of hydrogen-bond donors (Lipinski definition) is 0. The first-order valence-electron chi connectivity index (χ1n) is 13.4. The third kappa shape index (κ3) is 3.67. The summed E-state index contributed by atoms with van der Waals surface area (Å²) in [6.45, 7) is 3.61. The number of benzene rings is 3. The van der Waals surface area contributed by atoms with Crippen molar-refractivity contribution in [2.24, 2.45) is 0 Å². The fraction of sp³-hybridized carbons (Fsp3) is 0.250. The molecule has 0 radical (unpaired) electrons. The fourth-order valence-corrected chi connectivity index (χ4v) is 6.74. The standard InChI is InChI=1S/C32H28ClN5/c33-27-14-5-4-11-25(27)30(22-9-2-1-3-10-22)36-17-19-37(20-18-36)32-24-13-8-12-23(24)26(21-34)31-35-28-15-6-7-16-29(28)38(31)32/h1-7,9-11,14-16,30H,8,12-13,17-20H2. The summed E-state index contributed by atoms with van der Waals surface area (Å²) in [6, 6.07) is 29.8. The predicted molar refractivity (Wildman–Crippen MR) is 153 cm³/mol. The van der Waals surface area contributed by atoms with Gasteiger partial charge in [-0.15, -0.1) is 0 Å². The first-order chi connectivity index (χ1) is 18.7. The third-order valence-electron chi connectivity index (χ3n) is 8.19. The number of anilines is 1. The minimum Gasteiger partial charge on any atom is -0.355 e. The highest BCUT2D eigenvalue weighted by atomic mass is 35.5. The molecule has 38 heavy (non-hydrogen) atoms. The zero-order valence-electron chi connectivity index (χ0n) is 21.1. The number of aromatic nitrogens is 2. The molecule has 5 aromatic rings. The number of nitriles is 1. The van der Waals surface area contributed by atoms with E-state index < -0.39 is 0 Å². The lowest BCUT2D eigenvalue weighted by Gasteiger charge is -2.41. The minimum absolute atomic E-state index is 0.104. The van der Waals surface area contributed by atoms with E-state index in [9.17, 15) is 5.26 Å². The number of pyridine rings is 1. The van der Waals surface area contributed by atoms with Crippen molar-refractivity contribution in [2.75, 3.05) is 31.1 Å². The van der Waals surface area contributed by atoms with Gasteiger partial charge in [-0.3, -0.25) is 9.30 Å². The fourth-order valence-electron chi connectivity index (χ4n) is 6.51. The lowest BCUT2D eigenvalue weighted by atomic mass is 9.96. The van der Waals surface area contributed by atoms with Gasteiger partial charge in [0.15, 0.2) is 5.65 Å². The van der Waals surface area contributed by atoms with Crippen molar-refractivity contribution in [3.8, 4) is 6.07 Å². The summed E-state index contributed by atoms with van der Waals surface area (Å²) in [6.07, 6.45) is 3.05. The summed E-state index contributed by atoms with van der Waals surface area (Å²) in [5, 5.41) is 10.9. The first-order valence-corrected chi connectivity index (χ1v) is 13.8. The molecule has 5 nitrogen and oxygen atoms in total. The monoisotopic (exact) mass is 517 g/mol. The largest absolute Gasteiger partial charge is 0.355 e. The van der Waals surface area contributed by atoms with Gasteiger partial charge in [-0.05, 0) is 59.7 Å². The summed E-state index contributed by atoms with van der Waals surface area (Å²) in [5.41, 5.74) is 8.50. The maximum atomic E-state index is 10.1. The van der Waals surface area contributed by atoms with E-state index in [0.29, 0.717) is 0 Å². The topological polar surface area (TPSA) is 47.6 Å². The molecular weight excluding hydrogens is 490 g/mol. The van der Waals surface area contributed by atoms with E-state index in [2.05, 4.69) is 74.9 Å². The molecule has 2 aromatic heterocycles. The Bertz CT molecular complexity index is 1690. The highest BCUT2D eigenvalue weighted by molar-refractivity contribution is 6.31. The van der Waals surface area contributed by atoms with Crippen LogP contribution in [0.5, 0.6) is 0 Å². The number of imidazole rings is 1. The van der Waals surface area contributed by atoms with Gasteiger partial charge in [0, 0.05) is 31.2 Å². The maximum Gasteiger partial charge on any atom is 0.157 e. The van der Waals surface area contributed by atoms with Crippen molar-refractivity contribution in [2.45, 2.75) is 25.3 Å². The van der Waals surface area contributed by atoms with Gasteiger partial charge < -0.3 is 4.90 Å². The Morgan fingerprint density at radius 2 is 1.53 bits per heavy atom. The Hall–Kier alpha value is -3.85. The van der Waals surface area contributed by atoms with Crippen LogP contribution in [0.2, 0.25) is 5.02 Å². The summed E-state index contributed by atoms with van der Waals surface area (Å²) >= 11 is 6.74. The molecule has 3 aromatic carbocycles. The van der Waals surface area contributed by atoms with Crippen LogP contribution in [0.1, 0.15) is 40.3 Å². The SMILES string of the molecule is N#Cc1c2c(c(N3CCN(C(c4ccccc4)c4ccccc4Cl)CC3)n3c1nc1ccccc13)CCC2. The van der Waals surface area contributed by atoms with Gasteiger partial charge in [0.25, 0.3) is 0 Å². The van der Waals surface area contributed by atoms with Crippen LogP contribution in [0.4, 0.5) is 5.82 Å². The van der Waals surface area contributed by atoms with Crippen LogP contribution in [-0.4, -0.2) is 40.5 Å². The smallest absolute Gasteiger partial charge is 0.157 e. The van der Waals surface area contributed by atoms with E-state index in [1.165, 1.54) is 22.5 Å². The van der Waals surface area contributed by atoms with Crippen molar-refractivity contribution < 1.29 is 0 Å². The Morgan fingerprint density at radius 3 is 2.32 bits per heavy atom. The average Bonchev–Trinajstić information content (AvgIpc) is 3.59. The molecule has 1 aliphatic carbocycles. The van der Waals surface area contributed by atoms with Crippen LogP contribution in [0, 0.1) is 11.3 Å². The molecule has 1 fully saturated rings. The van der Waals surface area contributed by atoms with Gasteiger partial charge in [0.05, 0.1) is 22.6 Å². The van der Waals surface area contributed by atoms with Crippen LogP contribution >= 0.6 is 11.6 Å². The predicted octanol–water partition coefficient (Wildman–Crippen LogP) is 6.41. The molecule has 1 aliphatic heterocycles. The molecule has 1 saturated heterocycles. The molecule has 1 atom stereocenters. The minimum atomic E-state index is 0.104. The van der Waals surface area contributed by atoms with Crippen LogP contribution < -0.4 is 4.90 Å². The van der Waals surface area contributed by atoms with E-state index >= 15 is 0 Å². The van der Waals surface area contributed by atoms with Crippen LogP contribution in [0.15, 0.2) is 78.9 Å². The Labute approximate surface area is 227 Å². The lowest BCUT2D eigenvalue weighted by Crippen LogP contribution is -2.48. The number of rotatable bonds is 4. The van der Waals surface area contributed by atoms with E-state index in [1.54, 1.807) is 0 Å². The molecule has 2 aliphatic rings. The van der Waals surface area contributed by atoms with Crippen LogP contribution in [0.3, 0.4) is 0 Å². The maximum absolute atomic E-state index is 10.1. The molecule has 3 heterocycles. The number of hydrogen-bond acceptors (Lipinski definition) is 4. The number of nitrogens with zero attached hydrogens (tertiary/aromatic N) is 5. The molecule has 0 N–H and O–H groups in total. The van der Waals surface area contributed by atoms with Gasteiger partial charge in [-0.1, -0.05) is 72.3 Å². The summed E-state index contributed by atoms with van der Waals surface area (Å²) in [5.74, 6) is 1.23. The van der Waals surface area contributed by atoms with Gasteiger partial charge in [-0.25, -0.2) is 4.98 Å². The number of fused-ring (bicyclic) bond motifs is 4. The van der Waals surface area contributed by atoms with Gasteiger partial charge in [0.1, 0.15) is 11.9 Å². The Kier molecular flexibility index (Phi) is 5.80. The summed E-state index contributed by atoms with van der Waals surface area (Å²) in [4.78, 5) is 10.0. The van der Waals surface area contributed by atoms with Gasteiger partial charge >= 0.3 is 0 Å². The van der Waals surface area contributed by atoms with Crippen molar-refractivity contribution in [1.29, 1.82) is 5.26 Å². The summed E-state index contributed by atoms with van der Waals surface area (Å²) < 4.78 is 2.26. The van der Waals surface area contributed by atoms with E-state index in [-0.39, 0.29) is 6.04 Å². The molecular formula is C32H28ClN5. The zero-order chi connectivity index (χ0) is 25.6. The second kappa shape index (κ2) is 9.47. The molecule has 188 valence electrons. The number of halogens is 1. The molecule has 0 saturated carbocycles. The first kappa shape index (κ1) is 23.3. The Morgan fingerprint density at radius 1 is 0.816 bits per heavy atom. The normalized spacial score (nSPS) is 16.6. The summed E-state index contributed by atoms with van der Waals surface area (Å²) in [7, 11) is 0. The van der Waals surface area contributed by atoms with Crippen molar-refractivity contribution in [3.63, 3.8) is 0 Å². The average molecular weight is 518 g/mol. The quantitative estimate of drug-likeness (QED) is 0.276. The molecule has 6 heteroatoms. The highest BCUT2D eigenvalue weighted by Gasteiger charge is 2.32. The van der Waals surface area contributed by atoms with E-state index in [0.717, 1.165) is 78.3 Å². The molecule has 0 amide bonds. The van der Waals surface area contributed by atoms with Crippen LogP contribution in [0.25, 0.3) is 16.7 Å². The molecule has 1 unspecified atom stereocenters. The lowest BCUT2D eigenvalue weighted by molar-refractivity contribution is 0.212. The van der Waals surface area contributed by atoms with Crippen molar-refractivity contribution in [3.05, 3.63) is 112 Å². The van der Waals surface area contributed by atoms with Gasteiger partial charge in [0.2, 0.25) is 0 Å². The van der Waals surface area contributed by atoms with Crippen LogP contribution in [-0.2, 0) is 12.8 Å². The Balaban J connectivity index is 1.30. The number of piperazine rings is 1. The third-order valence-corrected chi connectivity index (χ3v) is 8.54. The second-order valence-electron chi connectivity index (χ2n) is 10.2. The van der Waals surface area contributed by atoms with Crippen molar-refractivity contribution in [1.82, 2.24) is 14.3 Å². The number of para-hydroxylation sites is 2. The molecule has 0 bridgehead atoms. The zero-order valence-corrected chi connectivity index (χ0v) is 21.9. The molecule has 0 spiro atoms. The van der Waals surface area contributed by atoms with E-state index in [4.69, 9.17) is 16.6 Å². The van der Waals surface area contributed by atoms with E-state index in [1.807, 2.05) is 24.3 Å². The molecule has 7 rings (SSSR count). The van der Waals surface area contributed by atoms with Crippen molar-refractivity contribution >= 4 is 34.1 Å². The second-order valence-corrected chi connectivity index (χ2v) is 10.6. The highest BCUT2D eigenvalue weighted by Crippen LogP contribution is 2.40. The van der Waals surface area contributed by atoms with Gasteiger partial charge in [-0.2, -0.15) is 5.26 Å².